The standard InChI is InChI=1S/C31H28ClN3O4S/c32-23-10-8-22(9-11-23)25-19-40-28(34-25)18-35(29(36)16-21-6-2-1-3-7-21)31(14-4-5-15-31)30(37)33-24-12-13-26-27(17-24)39-20-38-26/h1-3,6-13,17,19H,4-5,14-16,18,20H2,(H,33,37). The van der Waals surface area contributed by atoms with Gasteiger partial charge in [0.1, 0.15) is 10.5 Å². The quantitative estimate of drug-likeness (QED) is 0.253. The highest BCUT2D eigenvalue weighted by molar-refractivity contribution is 7.09. The number of thiazole rings is 1. The van der Waals surface area contributed by atoms with Crippen molar-refractivity contribution in [2.24, 2.45) is 0 Å². The van der Waals surface area contributed by atoms with Gasteiger partial charge in [0.2, 0.25) is 18.6 Å². The van der Waals surface area contributed by atoms with Crippen LogP contribution in [-0.2, 0) is 22.6 Å². The maximum Gasteiger partial charge on any atom is 0.250 e. The van der Waals surface area contributed by atoms with Crippen LogP contribution in [0.1, 0.15) is 36.3 Å². The molecule has 2 amide bonds. The minimum absolute atomic E-state index is 0.0998. The number of amides is 2. The fourth-order valence-electron chi connectivity index (χ4n) is 5.42. The average molecular weight is 574 g/mol. The summed E-state index contributed by atoms with van der Waals surface area (Å²) < 4.78 is 10.9. The van der Waals surface area contributed by atoms with Crippen LogP contribution in [0.2, 0.25) is 5.02 Å². The van der Waals surface area contributed by atoms with Gasteiger partial charge < -0.3 is 19.7 Å². The van der Waals surface area contributed by atoms with Crippen molar-refractivity contribution in [2.45, 2.75) is 44.2 Å². The summed E-state index contributed by atoms with van der Waals surface area (Å²) in [7, 11) is 0. The highest BCUT2D eigenvalue weighted by Crippen LogP contribution is 2.40. The number of anilines is 1. The second-order valence-corrected chi connectivity index (χ2v) is 11.4. The molecular weight excluding hydrogens is 546 g/mol. The smallest absolute Gasteiger partial charge is 0.250 e. The van der Waals surface area contributed by atoms with Crippen LogP contribution in [0.4, 0.5) is 5.69 Å². The summed E-state index contributed by atoms with van der Waals surface area (Å²) in [5, 5.41) is 6.49. The predicted molar refractivity (Wildman–Crippen MR) is 156 cm³/mol. The van der Waals surface area contributed by atoms with Gasteiger partial charge in [-0.25, -0.2) is 4.98 Å². The molecule has 40 heavy (non-hydrogen) atoms. The lowest BCUT2D eigenvalue weighted by Crippen LogP contribution is -2.57. The number of halogens is 1. The monoisotopic (exact) mass is 573 g/mol. The summed E-state index contributed by atoms with van der Waals surface area (Å²) in [6.07, 6.45) is 3.09. The molecule has 2 heterocycles. The molecule has 0 atom stereocenters. The fraction of sp³-hybridized carbons (Fsp3) is 0.258. The van der Waals surface area contributed by atoms with Crippen molar-refractivity contribution in [3.05, 3.63) is 93.8 Å². The van der Waals surface area contributed by atoms with E-state index in [4.69, 9.17) is 26.1 Å². The average Bonchev–Trinajstić information content (AvgIpc) is 3.74. The Hall–Kier alpha value is -3.88. The molecule has 7 nitrogen and oxygen atoms in total. The number of hydrogen-bond donors (Lipinski definition) is 1. The number of aromatic nitrogens is 1. The minimum Gasteiger partial charge on any atom is -0.454 e. The summed E-state index contributed by atoms with van der Waals surface area (Å²) in [5.41, 5.74) is 2.29. The lowest BCUT2D eigenvalue weighted by molar-refractivity contribution is -0.145. The van der Waals surface area contributed by atoms with Crippen LogP contribution in [-0.4, -0.2) is 34.0 Å². The molecule has 0 unspecified atom stereocenters. The summed E-state index contributed by atoms with van der Waals surface area (Å²) in [6, 6.07) is 22.5. The zero-order chi connectivity index (χ0) is 27.5. The van der Waals surface area contributed by atoms with Crippen LogP contribution >= 0.6 is 22.9 Å². The van der Waals surface area contributed by atoms with E-state index in [1.54, 1.807) is 23.1 Å². The molecule has 1 aromatic heterocycles. The van der Waals surface area contributed by atoms with Gasteiger partial charge in [0.15, 0.2) is 11.5 Å². The van der Waals surface area contributed by atoms with Gasteiger partial charge in [-0.2, -0.15) is 0 Å². The molecule has 3 aromatic carbocycles. The molecule has 4 aromatic rings. The van der Waals surface area contributed by atoms with E-state index in [0.29, 0.717) is 35.1 Å². The molecule has 0 spiro atoms. The van der Waals surface area contributed by atoms with Gasteiger partial charge in [0, 0.05) is 27.7 Å². The SMILES string of the molecule is O=C(Cc1ccccc1)N(Cc1nc(-c2ccc(Cl)cc2)cs1)C1(C(=O)Nc2ccc3c(c2)OCO3)CCCC1. The molecule has 0 radical (unpaired) electrons. The van der Waals surface area contributed by atoms with Gasteiger partial charge in [-0.3, -0.25) is 9.59 Å². The Bertz CT molecular complexity index is 1520. The van der Waals surface area contributed by atoms with E-state index < -0.39 is 5.54 Å². The van der Waals surface area contributed by atoms with Gasteiger partial charge in [-0.1, -0.05) is 66.9 Å². The predicted octanol–water partition coefficient (Wildman–Crippen LogP) is 6.72. The molecule has 6 rings (SSSR count). The van der Waals surface area contributed by atoms with Gasteiger partial charge in [-0.15, -0.1) is 11.3 Å². The van der Waals surface area contributed by atoms with E-state index >= 15 is 0 Å². The fourth-order valence-corrected chi connectivity index (χ4v) is 6.33. The Morgan fingerprint density at radius 1 is 0.975 bits per heavy atom. The van der Waals surface area contributed by atoms with Gasteiger partial charge in [-0.05, 0) is 42.7 Å². The first-order valence-corrected chi connectivity index (χ1v) is 14.5. The van der Waals surface area contributed by atoms with Gasteiger partial charge in [0.25, 0.3) is 0 Å². The summed E-state index contributed by atoms with van der Waals surface area (Å²) >= 11 is 7.55. The van der Waals surface area contributed by atoms with Crippen LogP contribution in [0.5, 0.6) is 11.5 Å². The third kappa shape index (κ3) is 5.42. The lowest BCUT2D eigenvalue weighted by Gasteiger charge is -2.40. The van der Waals surface area contributed by atoms with E-state index in [1.165, 1.54) is 11.3 Å². The first-order valence-electron chi connectivity index (χ1n) is 13.3. The van der Waals surface area contributed by atoms with Crippen LogP contribution < -0.4 is 14.8 Å². The normalized spacial score (nSPS) is 15.1. The Morgan fingerprint density at radius 2 is 1.73 bits per heavy atom. The first kappa shape index (κ1) is 26.3. The van der Waals surface area contributed by atoms with Crippen molar-refractivity contribution in [3.63, 3.8) is 0 Å². The first-order chi connectivity index (χ1) is 19.5. The Kier molecular flexibility index (Phi) is 7.45. The second-order valence-electron chi connectivity index (χ2n) is 10.0. The second kappa shape index (κ2) is 11.3. The number of carbonyl (C=O) groups is 2. The number of nitrogens with zero attached hydrogens (tertiary/aromatic N) is 2. The number of benzene rings is 3. The zero-order valence-electron chi connectivity index (χ0n) is 21.8. The Balaban J connectivity index is 1.31. The van der Waals surface area contributed by atoms with Gasteiger partial charge in [0.05, 0.1) is 18.7 Å². The van der Waals surface area contributed by atoms with Crippen LogP contribution in [0, 0.1) is 0 Å². The molecule has 1 aliphatic carbocycles. The number of hydrogen-bond acceptors (Lipinski definition) is 6. The van der Waals surface area contributed by atoms with Crippen molar-refractivity contribution >= 4 is 40.4 Å². The molecule has 0 saturated heterocycles. The number of fused-ring (bicyclic) bond motifs is 1. The number of nitrogens with one attached hydrogen (secondary N) is 1. The van der Waals surface area contributed by atoms with E-state index in [1.807, 2.05) is 60.0 Å². The maximum absolute atomic E-state index is 14.1. The molecule has 0 bridgehead atoms. The largest absolute Gasteiger partial charge is 0.454 e. The topological polar surface area (TPSA) is 80.8 Å². The van der Waals surface area contributed by atoms with Crippen molar-refractivity contribution in [1.82, 2.24) is 9.88 Å². The summed E-state index contributed by atoms with van der Waals surface area (Å²) in [6.45, 7) is 0.405. The molecule has 9 heteroatoms. The van der Waals surface area contributed by atoms with Crippen molar-refractivity contribution in [2.75, 3.05) is 12.1 Å². The number of rotatable bonds is 8. The third-order valence-electron chi connectivity index (χ3n) is 7.48. The highest BCUT2D eigenvalue weighted by atomic mass is 35.5. The van der Waals surface area contributed by atoms with Crippen LogP contribution in [0.3, 0.4) is 0 Å². The molecule has 204 valence electrons. The summed E-state index contributed by atoms with van der Waals surface area (Å²) in [5.74, 6) is 0.943. The van der Waals surface area contributed by atoms with Crippen molar-refractivity contribution in [1.29, 1.82) is 0 Å². The molecule has 1 saturated carbocycles. The van der Waals surface area contributed by atoms with Crippen molar-refractivity contribution in [3.8, 4) is 22.8 Å². The molecule has 1 N–H and O–H groups in total. The van der Waals surface area contributed by atoms with Crippen LogP contribution in [0.15, 0.2) is 78.2 Å². The maximum atomic E-state index is 14.1. The molecule has 2 aliphatic rings. The number of ether oxygens (including phenoxy) is 2. The Labute approximate surface area is 241 Å². The zero-order valence-corrected chi connectivity index (χ0v) is 23.3. The van der Waals surface area contributed by atoms with Gasteiger partial charge >= 0.3 is 0 Å². The summed E-state index contributed by atoms with van der Waals surface area (Å²) in [4.78, 5) is 34.7. The molecular formula is C31H28ClN3O4S. The lowest BCUT2D eigenvalue weighted by atomic mass is 9.92. The van der Waals surface area contributed by atoms with Crippen molar-refractivity contribution < 1.29 is 19.1 Å². The number of carbonyl (C=O) groups excluding carboxylic acids is 2. The van der Waals surface area contributed by atoms with Crippen LogP contribution in [0.25, 0.3) is 11.3 Å². The minimum atomic E-state index is -0.992. The van der Waals surface area contributed by atoms with E-state index in [-0.39, 0.29) is 31.6 Å². The Morgan fingerprint density at radius 3 is 2.50 bits per heavy atom. The highest BCUT2D eigenvalue weighted by Gasteiger charge is 2.48. The van der Waals surface area contributed by atoms with E-state index in [2.05, 4.69) is 5.32 Å². The van der Waals surface area contributed by atoms with E-state index in [0.717, 1.165) is 34.7 Å². The molecule has 1 aliphatic heterocycles. The third-order valence-corrected chi connectivity index (χ3v) is 8.57. The van der Waals surface area contributed by atoms with E-state index in [9.17, 15) is 9.59 Å². The molecule has 1 fully saturated rings.